The summed E-state index contributed by atoms with van der Waals surface area (Å²) in [6.07, 6.45) is 8.87. The third-order valence-electron chi connectivity index (χ3n) is 14.4. The fourth-order valence-corrected chi connectivity index (χ4v) is 12.3. The summed E-state index contributed by atoms with van der Waals surface area (Å²) < 4.78 is 6.19. The zero-order valence-corrected chi connectivity index (χ0v) is 54.6. The summed E-state index contributed by atoms with van der Waals surface area (Å²) >= 11 is 2.21. The average molecular weight is 1100 g/mol. The SMILES string of the molecule is CC(C)c1cccc(C(C)C)c1N1[B]N(c2c(C(C)C)cccc2C(C)C)C=C1.CC(C)c1cccc(C(C)C)c1N1[B]N(c2c(C(C)C)cccc2C(C)C)C=C1.Cc1c(C)[n+](C(C)C)[c]([Ge])n1C(C)C.[GeH2]. The van der Waals surface area contributed by atoms with Crippen LogP contribution in [0, 0.1) is 13.8 Å². The van der Waals surface area contributed by atoms with Crippen LogP contribution in [0.25, 0.3) is 0 Å². The van der Waals surface area contributed by atoms with Gasteiger partial charge in [0.15, 0.2) is 0 Å². The Bertz CT molecular complexity index is 2230. The van der Waals surface area contributed by atoms with Gasteiger partial charge in [0.2, 0.25) is 0 Å². The van der Waals surface area contributed by atoms with Crippen LogP contribution >= 0.6 is 0 Å². The Hall–Kier alpha value is -4.01. The zero-order chi connectivity index (χ0) is 53.6. The molecule has 0 fully saturated rings. The minimum atomic E-state index is 0. The second-order valence-corrected chi connectivity index (χ2v) is 24.2. The standard InChI is InChI=1S/2C26H36BN2.C11H20GeN2.GeH2/c2*1-17(2)21-11-9-12-22(18(3)4)25(21)28-15-16-29(27-28)26-23(19(5)6)13-10-14-24(26)20(7)8;1-7(2)13-9(5)10(6)14(8(3)4)11(13)12;/h2*9-20H,1-8H3;7-8H,1-6H3;1H2/q;;+1;. The molecule has 0 saturated carbocycles. The number of anilines is 4. The molecule has 2 aliphatic heterocycles. The Kier molecular flexibility index (Phi) is 22.5. The van der Waals surface area contributed by atoms with E-state index in [2.05, 4.69) is 310 Å². The number of aromatic nitrogens is 2. The van der Waals surface area contributed by atoms with Gasteiger partial charge in [-0.2, -0.15) is 0 Å². The molecule has 0 spiro atoms. The Balaban J connectivity index is 0.000000250. The summed E-state index contributed by atoms with van der Waals surface area (Å²) in [5.74, 6) is 3.84. The topological polar surface area (TPSA) is 21.8 Å². The predicted octanol–water partition coefficient (Wildman–Crippen LogP) is 15.5. The molecule has 389 valence electrons. The van der Waals surface area contributed by atoms with Crippen molar-refractivity contribution in [2.45, 2.75) is 212 Å². The van der Waals surface area contributed by atoms with Crippen molar-refractivity contribution in [3.8, 4) is 0 Å². The van der Waals surface area contributed by atoms with E-state index < -0.39 is 0 Å². The molecule has 1 aromatic heterocycles. The molecule has 0 N–H and O–H groups in total. The van der Waals surface area contributed by atoms with E-state index in [9.17, 15) is 0 Å². The third kappa shape index (κ3) is 13.9. The maximum atomic E-state index is 2.41. The molecule has 6 nitrogen and oxygen atoms in total. The molecule has 7 radical (unpaired) electrons. The number of imidazole rings is 1. The first-order valence-corrected chi connectivity index (χ1v) is 28.4. The van der Waals surface area contributed by atoms with E-state index in [1.54, 1.807) is 0 Å². The molecular weight excluding hydrogens is 1010 g/mol. The van der Waals surface area contributed by atoms with Crippen LogP contribution in [0.15, 0.2) is 97.6 Å². The molecule has 73 heavy (non-hydrogen) atoms. The van der Waals surface area contributed by atoms with E-state index in [0.29, 0.717) is 59.4 Å². The van der Waals surface area contributed by atoms with Crippen molar-refractivity contribution >= 4 is 76.6 Å². The molecule has 0 saturated heterocycles. The van der Waals surface area contributed by atoms with Crippen molar-refractivity contribution in [3.05, 3.63) is 153 Å². The average Bonchev–Trinajstić information content (AvgIpc) is 4.06. The molecule has 10 heteroatoms. The summed E-state index contributed by atoms with van der Waals surface area (Å²) in [6, 6.07) is 28.1. The van der Waals surface area contributed by atoms with Crippen molar-refractivity contribution in [3.63, 3.8) is 0 Å². The van der Waals surface area contributed by atoms with Gasteiger partial charge in [0.25, 0.3) is 0 Å². The van der Waals surface area contributed by atoms with Crippen molar-refractivity contribution in [2.24, 2.45) is 0 Å². The summed E-state index contributed by atoms with van der Waals surface area (Å²) in [6.45, 7) is 49.9. The van der Waals surface area contributed by atoms with Crippen molar-refractivity contribution in [2.75, 3.05) is 19.2 Å². The second-order valence-electron chi connectivity index (χ2n) is 23.3. The number of para-hydroxylation sites is 4. The van der Waals surface area contributed by atoms with E-state index in [1.165, 1.54) is 83.3 Å². The van der Waals surface area contributed by atoms with E-state index in [1.807, 2.05) is 0 Å². The van der Waals surface area contributed by atoms with Crippen LogP contribution in [0.3, 0.4) is 0 Å². The summed E-state index contributed by atoms with van der Waals surface area (Å²) in [5.41, 5.74) is 19.4. The minimum absolute atomic E-state index is 0. The van der Waals surface area contributed by atoms with Crippen LogP contribution in [-0.2, 0) is 0 Å². The molecular formula is C63H94B2Ge2N6+. The van der Waals surface area contributed by atoms with Gasteiger partial charge < -0.3 is 19.2 Å². The summed E-state index contributed by atoms with van der Waals surface area (Å²) in [7, 11) is 4.53. The predicted molar refractivity (Wildman–Crippen MR) is 327 cm³/mol. The molecule has 0 unspecified atom stereocenters. The zero-order valence-electron chi connectivity index (χ0n) is 49.6. The Morgan fingerprint density at radius 1 is 0.370 bits per heavy atom. The van der Waals surface area contributed by atoms with Crippen molar-refractivity contribution in [1.82, 2.24) is 4.57 Å². The molecule has 4 aromatic carbocycles. The van der Waals surface area contributed by atoms with E-state index in [-0.39, 0.29) is 17.6 Å². The molecule has 5 aromatic rings. The van der Waals surface area contributed by atoms with Crippen LogP contribution in [0.2, 0.25) is 0 Å². The summed E-state index contributed by atoms with van der Waals surface area (Å²) in [5, 5.41) is 0. The first-order valence-electron chi connectivity index (χ1n) is 27.4. The van der Waals surface area contributed by atoms with Gasteiger partial charge in [-0.3, -0.25) is 0 Å². The molecule has 7 rings (SSSR count). The number of nitrogens with zero attached hydrogens (tertiary/aromatic N) is 6. The fourth-order valence-electron chi connectivity index (χ4n) is 10.5. The summed E-state index contributed by atoms with van der Waals surface area (Å²) in [4.78, 5) is 9.30. The molecule has 0 amide bonds. The maximum absolute atomic E-state index is 2.41. The number of hydrogen-bond donors (Lipinski definition) is 0. The Labute approximate surface area is 467 Å². The van der Waals surface area contributed by atoms with E-state index in [0.717, 1.165) is 0 Å². The first kappa shape index (κ1) is 61.5. The fraction of sp³-hybridized carbons (Fsp3) is 0.508. The molecule has 2 aliphatic rings. The van der Waals surface area contributed by atoms with Gasteiger partial charge in [-0.15, -0.1) is 0 Å². The van der Waals surface area contributed by atoms with Crippen LogP contribution in [0.5, 0.6) is 0 Å². The molecule has 0 bridgehead atoms. The Morgan fingerprint density at radius 2 is 0.575 bits per heavy atom. The number of hydrogen-bond acceptors (Lipinski definition) is 4. The van der Waals surface area contributed by atoms with E-state index >= 15 is 0 Å². The van der Waals surface area contributed by atoms with Crippen LogP contribution in [0.1, 0.15) is 254 Å². The quantitative estimate of drug-likeness (QED) is 0.0816. The van der Waals surface area contributed by atoms with E-state index in [4.69, 9.17) is 0 Å². The van der Waals surface area contributed by atoms with Gasteiger partial charge >= 0.3 is 128 Å². The van der Waals surface area contributed by atoms with Gasteiger partial charge in [0, 0.05) is 47.5 Å². The van der Waals surface area contributed by atoms with Gasteiger partial charge in [0.05, 0.1) is 0 Å². The van der Waals surface area contributed by atoms with Crippen LogP contribution < -0.4 is 28.5 Å². The van der Waals surface area contributed by atoms with Gasteiger partial charge in [-0.1, -0.05) is 184 Å². The molecule has 0 atom stereocenters. The van der Waals surface area contributed by atoms with Gasteiger partial charge in [-0.25, -0.2) is 0 Å². The Morgan fingerprint density at radius 3 is 0.712 bits per heavy atom. The first-order chi connectivity index (χ1) is 33.8. The van der Waals surface area contributed by atoms with Gasteiger partial charge in [0.1, 0.15) is 0 Å². The molecule has 0 aliphatic carbocycles. The third-order valence-corrected chi connectivity index (χ3v) is 15.4. The monoisotopic (exact) mass is 1100 g/mol. The second kappa shape index (κ2) is 26.7. The van der Waals surface area contributed by atoms with Crippen LogP contribution in [-0.4, -0.2) is 53.8 Å². The van der Waals surface area contributed by atoms with Crippen LogP contribution in [0.4, 0.5) is 22.7 Å². The number of rotatable bonds is 14. The van der Waals surface area contributed by atoms with Crippen molar-refractivity contribution in [1.29, 1.82) is 0 Å². The van der Waals surface area contributed by atoms with Crippen molar-refractivity contribution < 1.29 is 4.57 Å². The van der Waals surface area contributed by atoms with Gasteiger partial charge in [-0.05, 0) is 91.9 Å². The number of benzene rings is 4. The normalized spacial score (nSPS) is 13.4. The molecule has 3 heterocycles.